The molecule has 1 aliphatic heterocycles. The number of aryl methyl sites for hydroxylation is 1. The van der Waals surface area contributed by atoms with E-state index in [9.17, 15) is 4.79 Å². The number of methoxy groups -OCH3 is 1. The highest BCUT2D eigenvalue weighted by Gasteiger charge is 2.43. The van der Waals surface area contributed by atoms with E-state index in [0.29, 0.717) is 38.1 Å². The van der Waals surface area contributed by atoms with Gasteiger partial charge in [-0.3, -0.25) is 0 Å². The summed E-state index contributed by atoms with van der Waals surface area (Å²) < 4.78 is 10.7. The number of nitrogens with zero attached hydrogens (tertiary/aromatic N) is 1. The van der Waals surface area contributed by atoms with Crippen LogP contribution in [0.3, 0.4) is 0 Å². The molecule has 1 N–H and O–H groups in total. The van der Waals surface area contributed by atoms with Gasteiger partial charge in [0.25, 0.3) is 0 Å². The van der Waals surface area contributed by atoms with Gasteiger partial charge in [0.1, 0.15) is 0 Å². The Bertz CT molecular complexity index is 575. The predicted molar refractivity (Wildman–Crippen MR) is 93.2 cm³/mol. The first-order valence-corrected chi connectivity index (χ1v) is 8.81. The summed E-state index contributed by atoms with van der Waals surface area (Å²) in [5.74, 6) is 1.11. The van der Waals surface area contributed by atoms with E-state index in [1.54, 1.807) is 7.11 Å². The third kappa shape index (κ3) is 4.08. The molecule has 4 atom stereocenters. The molecule has 0 radical (unpaired) electrons. The van der Waals surface area contributed by atoms with Gasteiger partial charge in [-0.05, 0) is 37.7 Å². The molecule has 1 aromatic carbocycles. The van der Waals surface area contributed by atoms with E-state index in [2.05, 4.69) is 43.4 Å². The number of nitrogens with one attached hydrogen (secondary N) is 1. The van der Waals surface area contributed by atoms with Crippen LogP contribution in [0.5, 0.6) is 0 Å². The minimum atomic E-state index is -0.0224. The number of hydrogen-bond donors (Lipinski definition) is 1. The smallest absolute Gasteiger partial charge is 0.317 e. The summed E-state index contributed by atoms with van der Waals surface area (Å²) >= 11 is 0. The van der Waals surface area contributed by atoms with E-state index < -0.39 is 0 Å². The van der Waals surface area contributed by atoms with Gasteiger partial charge in [0.2, 0.25) is 0 Å². The van der Waals surface area contributed by atoms with Crippen LogP contribution in [0.25, 0.3) is 0 Å². The van der Waals surface area contributed by atoms with Gasteiger partial charge < -0.3 is 19.7 Å². The quantitative estimate of drug-likeness (QED) is 0.901. The van der Waals surface area contributed by atoms with Crippen molar-refractivity contribution in [1.29, 1.82) is 0 Å². The van der Waals surface area contributed by atoms with Crippen molar-refractivity contribution in [3.05, 3.63) is 35.4 Å². The number of ether oxygens (including phenoxy) is 2. The van der Waals surface area contributed by atoms with Crippen LogP contribution >= 0.6 is 0 Å². The third-order valence-corrected chi connectivity index (χ3v) is 5.08. The Morgan fingerprint density at radius 3 is 3.08 bits per heavy atom. The molecular weight excluding hydrogens is 304 g/mol. The lowest BCUT2D eigenvalue weighted by molar-refractivity contribution is -0.0496. The van der Waals surface area contributed by atoms with Crippen LogP contribution in [0.2, 0.25) is 0 Å². The van der Waals surface area contributed by atoms with Crippen molar-refractivity contribution in [2.24, 2.45) is 5.92 Å². The normalized spacial score (nSPS) is 27.6. The molecule has 0 spiro atoms. The summed E-state index contributed by atoms with van der Waals surface area (Å²) in [5, 5.41) is 3.18. The fourth-order valence-electron chi connectivity index (χ4n) is 3.63. The number of hydrogen-bond acceptors (Lipinski definition) is 3. The number of carbonyl (C=O) groups excluding carboxylic acids is 1. The van der Waals surface area contributed by atoms with Crippen molar-refractivity contribution in [3.8, 4) is 0 Å². The molecule has 1 saturated carbocycles. The highest BCUT2D eigenvalue weighted by molar-refractivity contribution is 5.74. The van der Waals surface area contributed by atoms with Crippen molar-refractivity contribution in [2.75, 3.05) is 33.4 Å². The van der Waals surface area contributed by atoms with E-state index in [1.807, 2.05) is 4.90 Å². The summed E-state index contributed by atoms with van der Waals surface area (Å²) in [6.45, 7) is 6.58. The highest BCUT2D eigenvalue weighted by atomic mass is 16.5. The lowest BCUT2D eigenvalue weighted by Gasteiger charge is -2.33. The minimum Gasteiger partial charge on any atom is -0.382 e. The SMILES string of the molecule is COC[C@@H]1CN(C(=O)N[C@H](C)[C@@H]2C[C@@H]2c2cccc(C)c2)CCO1. The Hall–Kier alpha value is -1.59. The van der Waals surface area contributed by atoms with Crippen LogP contribution in [0.1, 0.15) is 30.4 Å². The molecule has 0 bridgehead atoms. The van der Waals surface area contributed by atoms with Gasteiger partial charge in [0.05, 0.1) is 25.9 Å². The molecule has 2 amide bonds. The van der Waals surface area contributed by atoms with Crippen LogP contribution in [0.4, 0.5) is 4.79 Å². The highest BCUT2D eigenvalue weighted by Crippen LogP contribution is 2.49. The Kier molecular flexibility index (Phi) is 5.41. The topological polar surface area (TPSA) is 50.8 Å². The van der Waals surface area contributed by atoms with Crippen molar-refractivity contribution < 1.29 is 14.3 Å². The van der Waals surface area contributed by atoms with Gasteiger partial charge in [0.15, 0.2) is 0 Å². The van der Waals surface area contributed by atoms with Crippen molar-refractivity contribution >= 4 is 6.03 Å². The maximum atomic E-state index is 12.5. The second-order valence-corrected chi connectivity index (χ2v) is 7.05. The average Bonchev–Trinajstić information content (AvgIpc) is 3.36. The number of amides is 2. The summed E-state index contributed by atoms with van der Waals surface area (Å²) in [6, 6.07) is 8.90. The molecule has 0 aromatic heterocycles. The zero-order valence-electron chi connectivity index (χ0n) is 14.8. The Morgan fingerprint density at radius 1 is 1.50 bits per heavy atom. The monoisotopic (exact) mass is 332 g/mol. The maximum absolute atomic E-state index is 12.5. The van der Waals surface area contributed by atoms with Crippen LogP contribution in [0, 0.1) is 12.8 Å². The minimum absolute atomic E-state index is 0.0156. The largest absolute Gasteiger partial charge is 0.382 e. The molecular formula is C19H28N2O3. The first-order valence-electron chi connectivity index (χ1n) is 8.81. The van der Waals surface area contributed by atoms with E-state index >= 15 is 0 Å². The Morgan fingerprint density at radius 2 is 2.33 bits per heavy atom. The van der Waals surface area contributed by atoms with Gasteiger partial charge >= 0.3 is 6.03 Å². The molecule has 1 aromatic rings. The molecule has 5 heteroatoms. The summed E-state index contributed by atoms with van der Waals surface area (Å²) in [4.78, 5) is 14.3. The summed E-state index contributed by atoms with van der Waals surface area (Å²) in [5.41, 5.74) is 2.69. The molecule has 1 heterocycles. The molecule has 2 fully saturated rings. The van der Waals surface area contributed by atoms with E-state index in [0.717, 1.165) is 6.42 Å². The lowest BCUT2D eigenvalue weighted by Crippen LogP contribution is -2.52. The van der Waals surface area contributed by atoms with Crippen molar-refractivity contribution in [1.82, 2.24) is 10.2 Å². The summed E-state index contributed by atoms with van der Waals surface area (Å²) in [6.07, 6.45) is 1.13. The van der Waals surface area contributed by atoms with Gasteiger partial charge in [-0.15, -0.1) is 0 Å². The molecule has 5 nitrogen and oxygen atoms in total. The molecule has 24 heavy (non-hydrogen) atoms. The standard InChI is InChI=1S/C19H28N2O3/c1-13-5-4-6-15(9-13)18-10-17(18)14(2)20-19(22)21-7-8-24-16(11-21)12-23-3/h4-6,9,14,16-18H,7-8,10-12H2,1-3H3,(H,20,22)/t14-,16+,17+,18-/m1/s1. The number of morpholine rings is 1. The molecule has 0 unspecified atom stereocenters. The average molecular weight is 332 g/mol. The number of rotatable bonds is 5. The molecule has 2 aliphatic rings. The Labute approximate surface area is 144 Å². The van der Waals surface area contributed by atoms with E-state index in [1.165, 1.54) is 11.1 Å². The third-order valence-electron chi connectivity index (χ3n) is 5.08. The first-order chi connectivity index (χ1) is 11.6. The van der Waals surface area contributed by atoms with E-state index in [4.69, 9.17) is 9.47 Å². The van der Waals surface area contributed by atoms with Crippen LogP contribution in [0.15, 0.2) is 24.3 Å². The van der Waals surface area contributed by atoms with Gasteiger partial charge in [-0.2, -0.15) is 0 Å². The predicted octanol–water partition coefficient (Wildman–Crippen LogP) is 2.54. The first kappa shape index (κ1) is 17.2. The fraction of sp³-hybridized carbons (Fsp3) is 0.632. The fourth-order valence-corrected chi connectivity index (χ4v) is 3.63. The molecule has 3 rings (SSSR count). The number of benzene rings is 1. The van der Waals surface area contributed by atoms with Gasteiger partial charge in [0, 0.05) is 19.7 Å². The van der Waals surface area contributed by atoms with E-state index in [-0.39, 0.29) is 18.2 Å². The van der Waals surface area contributed by atoms with Crippen molar-refractivity contribution in [2.45, 2.75) is 38.3 Å². The second kappa shape index (κ2) is 7.53. The van der Waals surface area contributed by atoms with Crippen LogP contribution in [-0.4, -0.2) is 56.5 Å². The maximum Gasteiger partial charge on any atom is 0.317 e. The molecule has 132 valence electrons. The van der Waals surface area contributed by atoms with Crippen molar-refractivity contribution in [3.63, 3.8) is 0 Å². The summed E-state index contributed by atoms with van der Waals surface area (Å²) in [7, 11) is 1.66. The van der Waals surface area contributed by atoms with Gasteiger partial charge in [-0.1, -0.05) is 29.8 Å². The molecule has 1 aliphatic carbocycles. The molecule has 1 saturated heterocycles. The Balaban J connectivity index is 1.50. The zero-order chi connectivity index (χ0) is 17.1. The number of carbonyl (C=O) groups is 1. The zero-order valence-corrected chi connectivity index (χ0v) is 14.8. The number of urea groups is 1. The van der Waals surface area contributed by atoms with Crippen LogP contribution < -0.4 is 5.32 Å². The van der Waals surface area contributed by atoms with Crippen LogP contribution in [-0.2, 0) is 9.47 Å². The van der Waals surface area contributed by atoms with Gasteiger partial charge in [-0.25, -0.2) is 4.79 Å². The second-order valence-electron chi connectivity index (χ2n) is 7.05. The lowest BCUT2D eigenvalue weighted by atomic mass is 10.0.